The van der Waals surface area contributed by atoms with Crippen LogP contribution in [0.3, 0.4) is 0 Å². The molecule has 0 aromatic heterocycles. The Morgan fingerprint density at radius 1 is 0.857 bits per heavy atom. The van der Waals surface area contributed by atoms with Crippen LogP contribution in [0.2, 0.25) is 5.02 Å². The van der Waals surface area contributed by atoms with E-state index in [1.807, 2.05) is 54.6 Å². The molecular formula is C22H14ClNO2S2. The smallest absolute Gasteiger partial charge is 0.268 e. The summed E-state index contributed by atoms with van der Waals surface area (Å²) in [5.41, 5.74) is 1.47. The van der Waals surface area contributed by atoms with Crippen molar-refractivity contribution in [3.8, 4) is 0 Å². The van der Waals surface area contributed by atoms with Crippen LogP contribution in [0.25, 0.3) is 6.08 Å². The number of carbonyl (C=O) groups is 2. The van der Waals surface area contributed by atoms with E-state index in [0.717, 1.165) is 27.1 Å². The average molecular weight is 424 g/mol. The highest BCUT2D eigenvalue weighted by molar-refractivity contribution is 8.19. The number of imide groups is 1. The second kappa shape index (κ2) is 8.27. The molecule has 0 saturated carbocycles. The largest absolute Gasteiger partial charge is 0.298 e. The third-order valence-electron chi connectivity index (χ3n) is 4.06. The number of benzene rings is 3. The van der Waals surface area contributed by atoms with Gasteiger partial charge in [0.15, 0.2) is 0 Å². The van der Waals surface area contributed by atoms with Crippen LogP contribution in [-0.4, -0.2) is 11.1 Å². The van der Waals surface area contributed by atoms with Gasteiger partial charge in [0.05, 0.1) is 10.6 Å². The van der Waals surface area contributed by atoms with Crippen LogP contribution in [0, 0.1) is 0 Å². The van der Waals surface area contributed by atoms with Gasteiger partial charge in [-0.1, -0.05) is 59.8 Å². The van der Waals surface area contributed by atoms with Gasteiger partial charge < -0.3 is 0 Å². The van der Waals surface area contributed by atoms with Crippen molar-refractivity contribution >= 4 is 58.0 Å². The molecule has 1 saturated heterocycles. The van der Waals surface area contributed by atoms with Gasteiger partial charge in [0, 0.05) is 14.8 Å². The highest BCUT2D eigenvalue weighted by Gasteiger charge is 2.36. The molecule has 1 aliphatic heterocycles. The minimum Gasteiger partial charge on any atom is -0.268 e. The van der Waals surface area contributed by atoms with E-state index >= 15 is 0 Å². The third-order valence-corrected chi connectivity index (χ3v) is 6.28. The van der Waals surface area contributed by atoms with E-state index in [0.29, 0.717) is 15.6 Å². The van der Waals surface area contributed by atoms with E-state index in [1.165, 1.54) is 4.90 Å². The Morgan fingerprint density at radius 3 is 2.29 bits per heavy atom. The van der Waals surface area contributed by atoms with E-state index in [4.69, 9.17) is 11.6 Å². The van der Waals surface area contributed by atoms with Crippen molar-refractivity contribution in [2.75, 3.05) is 4.90 Å². The highest BCUT2D eigenvalue weighted by Crippen LogP contribution is 2.38. The number of carbonyl (C=O) groups excluding carboxylic acids is 2. The normalized spacial score (nSPS) is 15.5. The zero-order valence-electron chi connectivity index (χ0n) is 14.5. The summed E-state index contributed by atoms with van der Waals surface area (Å²) in [7, 11) is 0. The average Bonchev–Trinajstić information content (AvgIpc) is 2.99. The van der Waals surface area contributed by atoms with Crippen molar-refractivity contribution < 1.29 is 9.59 Å². The van der Waals surface area contributed by atoms with Gasteiger partial charge in [-0.25, -0.2) is 4.90 Å². The standard InChI is InChI=1S/C22H14ClNO2S2/c23-16-10-12-18(13-11-16)27-19-9-5-4-6-15(19)14-20-21(25)24(22(26)28-20)17-7-2-1-3-8-17/h1-14H/b20-14+. The lowest BCUT2D eigenvalue weighted by molar-refractivity contribution is -0.113. The molecular weight excluding hydrogens is 410 g/mol. The molecule has 3 aromatic rings. The molecule has 0 radical (unpaired) electrons. The van der Waals surface area contributed by atoms with Crippen molar-refractivity contribution in [3.05, 3.63) is 94.4 Å². The summed E-state index contributed by atoms with van der Waals surface area (Å²) in [5, 5.41) is 0.400. The van der Waals surface area contributed by atoms with Crippen LogP contribution >= 0.6 is 35.1 Å². The minimum absolute atomic E-state index is 0.287. The summed E-state index contributed by atoms with van der Waals surface area (Å²) in [4.78, 5) is 28.9. The predicted molar refractivity (Wildman–Crippen MR) is 117 cm³/mol. The quantitative estimate of drug-likeness (QED) is 0.436. The van der Waals surface area contributed by atoms with Gasteiger partial charge in [-0.2, -0.15) is 0 Å². The van der Waals surface area contributed by atoms with Crippen LogP contribution in [0.5, 0.6) is 0 Å². The molecule has 2 amide bonds. The van der Waals surface area contributed by atoms with Gasteiger partial charge >= 0.3 is 0 Å². The Hall–Kier alpha value is -2.47. The van der Waals surface area contributed by atoms with Crippen molar-refractivity contribution in [3.63, 3.8) is 0 Å². The van der Waals surface area contributed by atoms with Gasteiger partial charge in [-0.3, -0.25) is 9.59 Å². The monoisotopic (exact) mass is 423 g/mol. The molecule has 3 nitrogen and oxygen atoms in total. The Bertz CT molecular complexity index is 1070. The van der Waals surface area contributed by atoms with Crippen molar-refractivity contribution in [1.82, 2.24) is 0 Å². The summed E-state index contributed by atoms with van der Waals surface area (Å²) >= 11 is 8.50. The molecule has 0 unspecified atom stereocenters. The number of thioether (sulfide) groups is 1. The number of rotatable bonds is 4. The first-order valence-electron chi connectivity index (χ1n) is 8.47. The predicted octanol–water partition coefficient (Wildman–Crippen LogP) is 6.73. The Labute approximate surface area is 176 Å². The van der Waals surface area contributed by atoms with E-state index in [2.05, 4.69) is 0 Å². The van der Waals surface area contributed by atoms with Crippen LogP contribution in [-0.2, 0) is 4.79 Å². The zero-order chi connectivity index (χ0) is 19.5. The van der Waals surface area contributed by atoms with Crippen LogP contribution < -0.4 is 4.90 Å². The maximum Gasteiger partial charge on any atom is 0.298 e. The number of nitrogens with zero attached hydrogens (tertiary/aromatic N) is 1. The van der Waals surface area contributed by atoms with Gasteiger partial charge in [0.2, 0.25) is 0 Å². The molecule has 0 aliphatic carbocycles. The lowest BCUT2D eigenvalue weighted by Crippen LogP contribution is -2.27. The molecule has 1 heterocycles. The van der Waals surface area contributed by atoms with E-state index in [-0.39, 0.29) is 11.1 Å². The molecule has 1 aliphatic rings. The summed E-state index contributed by atoms with van der Waals surface area (Å²) in [5.74, 6) is -0.299. The van der Waals surface area contributed by atoms with Gasteiger partial charge in [0.1, 0.15) is 0 Å². The lowest BCUT2D eigenvalue weighted by atomic mass is 10.2. The number of hydrogen-bond acceptors (Lipinski definition) is 4. The molecule has 28 heavy (non-hydrogen) atoms. The molecule has 4 rings (SSSR count). The van der Waals surface area contributed by atoms with Crippen molar-refractivity contribution in [2.45, 2.75) is 9.79 Å². The zero-order valence-corrected chi connectivity index (χ0v) is 16.9. The Morgan fingerprint density at radius 2 is 1.54 bits per heavy atom. The molecule has 0 N–H and O–H groups in total. The molecule has 0 atom stereocenters. The first kappa shape index (κ1) is 18.9. The first-order chi connectivity index (χ1) is 13.6. The second-order valence-corrected chi connectivity index (χ2v) is 8.49. The second-order valence-electron chi connectivity index (χ2n) is 5.95. The maximum absolute atomic E-state index is 12.8. The molecule has 6 heteroatoms. The summed E-state index contributed by atoms with van der Waals surface area (Å²) < 4.78 is 0. The molecule has 3 aromatic carbocycles. The van der Waals surface area contributed by atoms with Crippen molar-refractivity contribution in [2.24, 2.45) is 0 Å². The SMILES string of the molecule is O=C1S/C(=C/c2ccccc2Sc2ccc(Cl)cc2)C(=O)N1c1ccccc1. The molecule has 0 bridgehead atoms. The van der Waals surface area contributed by atoms with Gasteiger partial charge in [0.25, 0.3) is 11.1 Å². The lowest BCUT2D eigenvalue weighted by Gasteiger charge is -2.11. The molecule has 0 spiro atoms. The summed E-state index contributed by atoms with van der Waals surface area (Å²) in [6, 6.07) is 24.4. The van der Waals surface area contributed by atoms with Crippen LogP contribution in [0.4, 0.5) is 10.5 Å². The number of hydrogen-bond donors (Lipinski definition) is 0. The van der Waals surface area contributed by atoms with E-state index in [9.17, 15) is 9.59 Å². The highest BCUT2D eigenvalue weighted by atomic mass is 35.5. The fourth-order valence-corrected chi connectivity index (χ4v) is 4.61. The molecule has 138 valence electrons. The van der Waals surface area contributed by atoms with E-state index in [1.54, 1.807) is 42.1 Å². The number of anilines is 1. The maximum atomic E-state index is 12.8. The number of amides is 2. The van der Waals surface area contributed by atoms with Crippen LogP contribution in [0.15, 0.2) is 93.6 Å². The third kappa shape index (κ3) is 4.02. The Kier molecular flexibility index (Phi) is 5.57. The first-order valence-corrected chi connectivity index (χ1v) is 10.5. The van der Waals surface area contributed by atoms with E-state index < -0.39 is 0 Å². The van der Waals surface area contributed by atoms with Gasteiger partial charge in [-0.05, 0) is 65.9 Å². The minimum atomic E-state index is -0.299. The topological polar surface area (TPSA) is 37.4 Å². The summed E-state index contributed by atoms with van der Waals surface area (Å²) in [6.07, 6.45) is 1.78. The van der Waals surface area contributed by atoms with Crippen LogP contribution in [0.1, 0.15) is 5.56 Å². The number of para-hydroxylation sites is 1. The summed E-state index contributed by atoms with van der Waals surface area (Å²) in [6.45, 7) is 0. The fraction of sp³-hybridized carbons (Fsp3) is 0. The fourth-order valence-electron chi connectivity index (χ4n) is 2.73. The number of halogens is 1. The molecule has 1 fully saturated rings. The van der Waals surface area contributed by atoms with Gasteiger partial charge in [-0.15, -0.1) is 0 Å². The Balaban J connectivity index is 1.63. The van der Waals surface area contributed by atoms with Crippen molar-refractivity contribution in [1.29, 1.82) is 0 Å².